The number of fused-ring (bicyclic) bond motifs is 1. The van der Waals surface area contributed by atoms with Crippen LogP contribution in [0.3, 0.4) is 0 Å². The molecule has 0 aliphatic heterocycles. The molecule has 0 spiro atoms. The Bertz CT molecular complexity index is 682. The average molecular weight is 365 g/mol. The fourth-order valence-corrected chi connectivity index (χ4v) is 2.86. The van der Waals surface area contributed by atoms with E-state index in [1.807, 2.05) is 0 Å². The van der Waals surface area contributed by atoms with E-state index in [9.17, 15) is 13.6 Å². The largest absolute Gasteiger partial charge is 0.444 e. The Balaban J connectivity index is 2.29. The number of carbonyl (C=O) groups excluding carboxylic acids is 1. The van der Waals surface area contributed by atoms with Gasteiger partial charge >= 0.3 is 6.09 Å². The molecule has 2 rings (SSSR count). The zero-order valence-corrected chi connectivity index (χ0v) is 13.3. The molecule has 0 radical (unpaired) electrons. The quantitative estimate of drug-likeness (QED) is 0.747. The van der Waals surface area contributed by atoms with E-state index in [-0.39, 0.29) is 15.1 Å². The second-order valence-electron chi connectivity index (χ2n) is 4.98. The van der Waals surface area contributed by atoms with Crippen molar-refractivity contribution in [2.45, 2.75) is 26.4 Å². The molecule has 0 aliphatic rings. The Kier molecular flexibility index (Phi) is 3.97. The number of halogens is 3. The van der Waals surface area contributed by atoms with Crippen LogP contribution in [0, 0.1) is 11.6 Å². The molecule has 0 saturated carbocycles. The Labute approximate surface area is 126 Å². The number of nitrogens with one attached hydrogen (secondary N) is 1. The lowest BCUT2D eigenvalue weighted by atomic mass is 10.2. The van der Waals surface area contributed by atoms with Crippen molar-refractivity contribution in [1.82, 2.24) is 4.98 Å². The van der Waals surface area contributed by atoms with Crippen LogP contribution in [0.4, 0.5) is 18.7 Å². The maximum atomic E-state index is 13.7. The summed E-state index contributed by atoms with van der Waals surface area (Å²) in [5.41, 5.74) is -0.775. The van der Waals surface area contributed by atoms with Gasteiger partial charge in [0.15, 0.2) is 16.8 Å². The summed E-state index contributed by atoms with van der Waals surface area (Å²) < 4.78 is 32.5. The Morgan fingerprint density at radius 2 is 2.05 bits per heavy atom. The number of rotatable bonds is 1. The van der Waals surface area contributed by atoms with Crippen molar-refractivity contribution in [3.05, 3.63) is 22.2 Å². The van der Waals surface area contributed by atoms with Gasteiger partial charge in [-0.15, -0.1) is 0 Å². The van der Waals surface area contributed by atoms with Gasteiger partial charge in [0.1, 0.15) is 11.1 Å². The number of hydrogen-bond acceptors (Lipinski definition) is 4. The molecule has 0 aliphatic carbocycles. The molecule has 2 aromatic rings. The highest BCUT2D eigenvalue weighted by molar-refractivity contribution is 9.10. The zero-order chi connectivity index (χ0) is 15.1. The fraction of sp³-hybridized carbons (Fsp3) is 0.333. The molecule has 1 aromatic carbocycles. The molecule has 108 valence electrons. The van der Waals surface area contributed by atoms with E-state index in [1.54, 1.807) is 20.8 Å². The third kappa shape index (κ3) is 3.24. The molecule has 1 heterocycles. The third-order valence-corrected chi connectivity index (χ3v) is 3.62. The molecule has 4 nitrogen and oxygen atoms in total. The minimum Gasteiger partial charge on any atom is -0.444 e. The van der Waals surface area contributed by atoms with Crippen LogP contribution in [0.2, 0.25) is 0 Å². The van der Waals surface area contributed by atoms with Crippen molar-refractivity contribution in [3.63, 3.8) is 0 Å². The van der Waals surface area contributed by atoms with Crippen molar-refractivity contribution in [2.24, 2.45) is 0 Å². The molecular weight excluding hydrogens is 354 g/mol. The SMILES string of the molecule is CC(C)(C)OC(=O)Nc1nc2c(F)c(F)c(Br)cc2s1. The van der Waals surface area contributed by atoms with Crippen molar-refractivity contribution >= 4 is 48.7 Å². The van der Waals surface area contributed by atoms with Gasteiger partial charge in [-0.05, 0) is 42.8 Å². The molecular formula is C12H11BrF2N2O2S. The monoisotopic (exact) mass is 364 g/mol. The van der Waals surface area contributed by atoms with E-state index in [2.05, 4.69) is 26.2 Å². The van der Waals surface area contributed by atoms with E-state index >= 15 is 0 Å². The van der Waals surface area contributed by atoms with Gasteiger partial charge in [-0.25, -0.2) is 18.6 Å². The van der Waals surface area contributed by atoms with Gasteiger partial charge in [0.25, 0.3) is 0 Å². The van der Waals surface area contributed by atoms with Crippen LogP contribution in [0.1, 0.15) is 20.8 Å². The summed E-state index contributed by atoms with van der Waals surface area (Å²) in [7, 11) is 0. The zero-order valence-electron chi connectivity index (χ0n) is 10.9. The maximum Gasteiger partial charge on any atom is 0.413 e. The van der Waals surface area contributed by atoms with E-state index in [0.717, 1.165) is 11.3 Å². The minimum atomic E-state index is -1.05. The number of anilines is 1. The number of hydrogen-bond donors (Lipinski definition) is 1. The lowest BCUT2D eigenvalue weighted by molar-refractivity contribution is 0.0636. The minimum absolute atomic E-state index is 0.00923. The highest BCUT2D eigenvalue weighted by Gasteiger charge is 2.20. The van der Waals surface area contributed by atoms with Gasteiger partial charge in [0, 0.05) is 0 Å². The standard InChI is InChI=1S/C12H11BrF2N2O2S/c1-12(2,3)19-11(18)17-10-16-9-6(20-10)4-5(13)7(14)8(9)15/h4H,1-3H3,(H,16,17,18). The van der Waals surface area contributed by atoms with Crippen molar-refractivity contribution < 1.29 is 18.3 Å². The van der Waals surface area contributed by atoms with E-state index < -0.39 is 23.3 Å². The first-order valence-corrected chi connectivity index (χ1v) is 7.22. The summed E-state index contributed by atoms with van der Waals surface area (Å²) in [6.07, 6.45) is -0.698. The third-order valence-electron chi connectivity index (χ3n) is 2.13. The molecule has 0 fully saturated rings. The summed E-state index contributed by atoms with van der Waals surface area (Å²) in [6, 6.07) is 1.41. The maximum absolute atomic E-state index is 13.7. The van der Waals surface area contributed by atoms with Crippen molar-refractivity contribution in [2.75, 3.05) is 5.32 Å². The number of thiazole rings is 1. The normalized spacial score (nSPS) is 11.7. The van der Waals surface area contributed by atoms with Gasteiger partial charge in [0.05, 0.1) is 9.17 Å². The van der Waals surface area contributed by atoms with Crippen LogP contribution in [0.5, 0.6) is 0 Å². The molecule has 8 heteroatoms. The molecule has 0 atom stereocenters. The molecule has 1 N–H and O–H groups in total. The van der Waals surface area contributed by atoms with Gasteiger partial charge in [-0.1, -0.05) is 11.3 Å². The Hall–Kier alpha value is -1.28. The van der Waals surface area contributed by atoms with Gasteiger partial charge in [-0.2, -0.15) is 0 Å². The molecule has 1 amide bonds. The number of aromatic nitrogens is 1. The fourth-order valence-electron chi connectivity index (χ4n) is 1.42. The van der Waals surface area contributed by atoms with Gasteiger partial charge in [-0.3, -0.25) is 5.32 Å². The van der Waals surface area contributed by atoms with Crippen LogP contribution in [0.15, 0.2) is 10.5 Å². The summed E-state index contributed by atoms with van der Waals surface area (Å²) in [6.45, 7) is 5.16. The smallest absolute Gasteiger partial charge is 0.413 e. The summed E-state index contributed by atoms with van der Waals surface area (Å²) in [5, 5.41) is 2.54. The summed E-state index contributed by atoms with van der Waals surface area (Å²) >= 11 is 3.95. The molecule has 0 saturated heterocycles. The van der Waals surface area contributed by atoms with Crippen molar-refractivity contribution in [3.8, 4) is 0 Å². The molecule has 0 bridgehead atoms. The van der Waals surface area contributed by atoms with Crippen LogP contribution in [-0.4, -0.2) is 16.7 Å². The molecule has 20 heavy (non-hydrogen) atoms. The number of carbonyl (C=O) groups is 1. The van der Waals surface area contributed by atoms with Gasteiger partial charge < -0.3 is 4.74 Å². The van der Waals surface area contributed by atoms with Crippen LogP contribution >= 0.6 is 27.3 Å². The topological polar surface area (TPSA) is 51.2 Å². The predicted octanol–water partition coefficient (Wildman–Crippen LogP) is 4.68. The number of amides is 1. The molecule has 1 aromatic heterocycles. The van der Waals surface area contributed by atoms with Crippen LogP contribution < -0.4 is 5.32 Å². The number of ether oxygens (including phenoxy) is 1. The first-order chi connectivity index (χ1) is 9.17. The van der Waals surface area contributed by atoms with E-state index in [0.29, 0.717) is 4.70 Å². The second-order valence-corrected chi connectivity index (χ2v) is 6.86. The van der Waals surface area contributed by atoms with E-state index in [4.69, 9.17) is 4.74 Å². The van der Waals surface area contributed by atoms with E-state index in [1.165, 1.54) is 6.07 Å². The lowest BCUT2D eigenvalue weighted by Crippen LogP contribution is -2.27. The number of benzene rings is 1. The summed E-state index contributed by atoms with van der Waals surface area (Å²) in [4.78, 5) is 15.4. The summed E-state index contributed by atoms with van der Waals surface area (Å²) in [5.74, 6) is -2.06. The first kappa shape index (κ1) is 15.1. The highest BCUT2D eigenvalue weighted by atomic mass is 79.9. The first-order valence-electron chi connectivity index (χ1n) is 5.61. The second kappa shape index (κ2) is 5.25. The lowest BCUT2D eigenvalue weighted by Gasteiger charge is -2.18. The van der Waals surface area contributed by atoms with Gasteiger partial charge in [0.2, 0.25) is 0 Å². The van der Waals surface area contributed by atoms with Crippen LogP contribution in [0.25, 0.3) is 10.2 Å². The Morgan fingerprint density at radius 3 is 2.65 bits per heavy atom. The Morgan fingerprint density at radius 1 is 1.40 bits per heavy atom. The van der Waals surface area contributed by atoms with Crippen molar-refractivity contribution in [1.29, 1.82) is 0 Å². The molecule has 0 unspecified atom stereocenters. The predicted molar refractivity (Wildman–Crippen MR) is 77.1 cm³/mol. The highest BCUT2D eigenvalue weighted by Crippen LogP contribution is 2.33. The van der Waals surface area contributed by atoms with Crippen LogP contribution in [-0.2, 0) is 4.74 Å². The average Bonchev–Trinajstić information content (AvgIpc) is 2.66. The number of nitrogens with zero attached hydrogens (tertiary/aromatic N) is 1.